The molecule has 1 aliphatic carbocycles. The first-order valence-corrected chi connectivity index (χ1v) is 7.16. The van der Waals surface area contributed by atoms with Crippen LogP contribution in [0.1, 0.15) is 37.9 Å². The fourth-order valence-electron chi connectivity index (χ4n) is 4.11. The van der Waals surface area contributed by atoms with E-state index in [1.165, 1.54) is 5.56 Å². The Kier molecular flexibility index (Phi) is 2.31. The van der Waals surface area contributed by atoms with Gasteiger partial charge in [-0.3, -0.25) is 0 Å². The predicted molar refractivity (Wildman–Crippen MR) is 71.0 cm³/mol. The molecule has 2 aliphatic heterocycles. The summed E-state index contributed by atoms with van der Waals surface area (Å²) in [6.45, 7) is 3.11. The number of hydrogen-bond acceptors (Lipinski definition) is 3. The van der Waals surface area contributed by atoms with Gasteiger partial charge in [-0.25, -0.2) is 0 Å². The Morgan fingerprint density at radius 3 is 3.00 bits per heavy atom. The molecule has 1 aromatic carbocycles. The molecule has 2 heterocycles. The first-order valence-electron chi connectivity index (χ1n) is 7.16. The minimum absolute atomic E-state index is 0.0314. The maximum absolute atomic E-state index is 9.71. The Labute approximate surface area is 113 Å². The van der Waals surface area contributed by atoms with Gasteiger partial charge in [0.25, 0.3) is 0 Å². The van der Waals surface area contributed by atoms with Crippen LogP contribution in [-0.4, -0.2) is 23.9 Å². The molecule has 2 bridgehead atoms. The summed E-state index contributed by atoms with van der Waals surface area (Å²) in [6, 6.07) is 8.22. The van der Waals surface area contributed by atoms with Gasteiger partial charge in [0.1, 0.15) is 11.4 Å². The van der Waals surface area contributed by atoms with Crippen molar-refractivity contribution in [1.82, 2.24) is 0 Å². The van der Waals surface area contributed by atoms with Crippen molar-refractivity contribution in [3.05, 3.63) is 29.8 Å². The van der Waals surface area contributed by atoms with Crippen LogP contribution in [-0.2, 0) is 4.74 Å². The fraction of sp³-hybridized carbons (Fsp3) is 0.625. The van der Waals surface area contributed by atoms with Gasteiger partial charge in [0, 0.05) is 16.9 Å². The maximum Gasteiger partial charge on any atom is 0.125 e. The molecule has 102 valence electrons. The third-order valence-corrected chi connectivity index (χ3v) is 5.43. The molecule has 2 fully saturated rings. The van der Waals surface area contributed by atoms with Gasteiger partial charge in [0.2, 0.25) is 0 Å². The number of rotatable bonds is 1. The minimum atomic E-state index is -0.141. The summed E-state index contributed by atoms with van der Waals surface area (Å²) in [7, 11) is 0. The number of aliphatic hydroxyl groups is 1. The van der Waals surface area contributed by atoms with Gasteiger partial charge < -0.3 is 14.6 Å². The van der Waals surface area contributed by atoms with E-state index < -0.39 is 0 Å². The first kappa shape index (κ1) is 11.7. The molecule has 1 saturated carbocycles. The zero-order valence-corrected chi connectivity index (χ0v) is 11.3. The van der Waals surface area contributed by atoms with Gasteiger partial charge in [-0.05, 0) is 32.3 Å². The lowest BCUT2D eigenvalue weighted by Crippen LogP contribution is -2.58. The van der Waals surface area contributed by atoms with E-state index >= 15 is 0 Å². The molecule has 3 aliphatic rings. The van der Waals surface area contributed by atoms with Crippen LogP contribution in [0.15, 0.2) is 24.3 Å². The van der Waals surface area contributed by atoms with Gasteiger partial charge in [-0.15, -0.1) is 0 Å². The molecular weight excluding hydrogens is 240 g/mol. The van der Waals surface area contributed by atoms with Crippen molar-refractivity contribution in [3.63, 3.8) is 0 Å². The van der Waals surface area contributed by atoms with E-state index in [-0.39, 0.29) is 23.7 Å². The highest BCUT2D eigenvalue weighted by atomic mass is 16.5. The molecule has 1 saturated heterocycles. The van der Waals surface area contributed by atoms with E-state index in [1.54, 1.807) is 0 Å². The second kappa shape index (κ2) is 3.74. The molecule has 1 aromatic rings. The topological polar surface area (TPSA) is 38.7 Å². The van der Waals surface area contributed by atoms with E-state index in [1.807, 2.05) is 18.2 Å². The summed E-state index contributed by atoms with van der Waals surface area (Å²) >= 11 is 0. The van der Waals surface area contributed by atoms with Crippen molar-refractivity contribution in [1.29, 1.82) is 0 Å². The maximum atomic E-state index is 9.71. The normalized spacial score (nSPS) is 43.3. The van der Waals surface area contributed by atoms with E-state index in [0.717, 1.165) is 25.0 Å². The smallest absolute Gasteiger partial charge is 0.125 e. The molecular formula is C16H20O3. The number of para-hydroxylation sites is 1. The van der Waals surface area contributed by atoms with Crippen LogP contribution < -0.4 is 4.74 Å². The molecule has 0 aromatic heterocycles. The molecule has 3 heteroatoms. The highest BCUT2D eigenvalue weighted by Crippen LogP contribution is 2.58. The molecule has 3 nitrogen and oxygen atoms in total. The first-order chi connectivity index (χ1) is 9.16. The van der Waals surface area contributed by atoms with Gasteiger partial charge in [0.15, 0.2) is 0 Å². The molecule has 0 amide bonds. The van der Waals surface area contributed by atoms with Gasteiger partial charge in [-0.2, -0.15) is 0 Å². The van der Waals surface area contributed by atoms with Crippen molar-refractivity contribution in [2.75, 3.05) is 13.2 Å². The highest BCUT2D eigenvalue weighted by Gasteiger charge is 2.57. The molecule has 0 radical (unpaired) electrons. The standard InChI is InChI=1S/C16H20O3/c1-15-6-7-16(9-17)8-12(15)14(18-10-16)11-4-2-3-5-13(11)19-15/h2-5,12,14,17H,6-10H2,1H3/t12-,14-,15-,16-/m1/s1. The average Bonchev–Trinajstić information content (AvgIpc) is 2.45. The molecule has 0 spiro atoms. The predicted octanol–water partition coefficient (Wildman–Crippen LogP) is 2.69. The van der Waals surface area contributed by atoms with Crippen LogP contribution in [0.5, 0.6) is 5.75 Å². The van der Waals surface area contributed by atoms with E-state index in [4.69, 9.17) is 9.47 Å². The summed E-state index contributed by atoms with van der Waals surface area (Å²) in [4.78, 5) is 0. The minimum Gasteiger partial charge on any atom is -0.487 e. The fourth-order valence-corrected chi connectivity index (χ4v) is 4.11. The van der Waals surface area contributed by atoms with Crippen LogP contribution in [0, 0.1) is 11.3 Å². The lowest BCUT2D eigenvalue weighted by molar-refractivity contribution is -0.210. The third-order valence-electron chi connectivity index (χ3n) is 5.43. The monoisotopic (exact) mass is 260 g/mol. The number of aliphatic hydroxyl groups excluding tert-OH is 1. The van der Waals surface area contributed by atoms with Crippen molar-refractivity contribution in [2.24, 2.45) is 11.3 Å². The summed E-state index contributed by atoms with van der Waals surface area (Å²) in [5.41, 5.74) is 1.01. The largest absolute Gasteiger partial charge is 0.487 e. The van der Waals surface area contributed by atoms with E-state index in [0.29, 0.717) is 12.5 Å². The van der Waals surface area contributed by atoms with Crippen LogP contribution in [0.25, 0.3) is 0 Å². The summed E-state index contributed by atoms with van der Waals surface area (Å²) < 4.78 is 12.5. The Bertz CT molecular complexity index is 514. The summed E-state index contributed by atoms with van der Waals surface area (Å²) in [5.74, 6) is 1.33. The highest BCUT2D eigenvalue weighted by molar-refractivity contribution is 5.39. The lowest BCUT2D eigenvalue weighted by atomic mass is 9.59. The van der Waals surface area contributed by atoms with Crippen molar-refractivity contribution >= 4 is 0 Å². The second-order valence-corrected chi connectivity index (χ2v) is 6.65. The van der Waals surface area contributed by atoms with E-state index in [2.05, 4.69) is 13.0 Å². The van der Waals surface area contributed by atoms with Crippen molar-refractivity contribution in [2.45, 2.75) is 37.9 Å². The quantitative estimate of drug-likeness (QED) is 0.843. The zero-order chi connectivity index (χ0) is 13.1. The summed E-state index contributed by atoms with van der Waals surface area (Å²) in [6.07, 6.45) is 3.14. The molecule has 0 unspecified atom stereocenters. The molecule has 4 rings (SSSR count). The van der Waals surface area contributed by atoms with Crippen molar-refractivity contribution < 1.29 is 14.6 Å². The number of hydrogen-bond donors (Lipinski definition) is 1. The molecule has 4 atom stereocenters. The van der Waals surface area contributed by atoms with E-state index in [9.17, 15) is 5.11 Å². The van der Waals surface area contributed by atoms with Gasteiger partial charge in [0.05, 0.1) is 19.3 Å². The van der Waals surface area contributed by atoms with Crippen molar-refractivity contribution in [3.8, 4) is 5.75 Å². The third kappa shape index (κ3) is 1.52. The number of ether oxygens (including phenoxy) is 2. The lowest BCUT2D eigenvalue weighted by Gasteiger charge is -2.57. The second-order valence-electron chi connectivity index (χ2n) is 6.65. The summed E-state index contributed by atoms with van der Waals surface area (Å²) in [5, 5.41) is 9.71. The Morgan fingerprint density at radius 1 is 1.32 bits per heavy atom. The molecule has 19 heavy (non-hydrogen) atoms. The van der Waals surface area contributed by atoms with Crippen LogP contribution in [0.4, 0.5) is 0 Å². The van der Waals surface area contributed by atoms with Crippen LogP contribution in [0.3, 0.4) is 0 Å². The number of benzene rings is 1. The Balaban J connectivity index is 1.80. The SMILES string of the molecule is C[C@]12CC[C@@]3(CO)CO[C@H](c4ccccc4O1)[C@H]2C3. The Morgan fingerprint density at radius 2 is 2.16 bits per heavy atom. The Hall–Kier alpha value is -1.06. The number of fused-ring (bicyclic) bond motifs is 3. The van der Waals surface area contributed by atoms with Crippen LogP contribution in [0.2, 0.25) is 0 Å². The van der Waals surface area contributed by atoms with Gasteiger partial charge >= 0.3 is 0 Å². The average molecular weight is 260 g/mol. The molecule has 1 N–H and O–H groups in total. The zero-order valence-electron chi connectivity index (χ0n) is 11.3. The van der Waals surface area contributed by atoms with Crippen LogP contribution >= 0.6 is 0 Å². The van der Waals surface area contributed by atoms with Gasteiger partial charge in [-0.1, -0.05) is 18.2 Å².